The van der Waals surface area contributed by atoms with Crippen molar-refractivity contribution in [2.45, 2.75) is 6.92 Å². The van der Waals surface area contributed by atoms with Gasteiger partial charge in [0.05, 0.1) is 4.88 Å². The third kappa shape index (κ3) is 2.13. The summed E-state index contributed by atoms with van der Waals surface area (Å²) in [5, 5.41) is 10.5. The number of amides is 1. The number of nitrogens with two attached hydrogens (primary N) is 1. The highest BCUT2D eigenvalue weighted by Crippen LogP contribution is 2.24. The SMILES string of the molecule is Cc1sc(C(=O)Nc2nncs2)cc1N. The second-order valence-corrected chi connectivity index (χ2v) is 4.91. The van der Waals surface area contributed by atoms with Crippen LogP contribution in [0.2, 0.25) is 0 Å². The topological polar surface area (TPSA) is 80.9 Å². The van der Waals surface area contributed by atoms with E-state index >= 15 is 0 Å². The Morgan fingerprint density at radius 1 is 1.60 bits per heavy atom. The van der Waals surface area contributed by atoms with Gasteiger partial charge in [0.25, 0.3) is 5.91 Å². The minimum atomic E-state index is -0.198. The summed E-state index contributed by atoms with van der Waals surface area (Å²) in [4.78, 5) is 13.2. The zero-order chi connectivity index (χ0) is 10.8. The van der Waals surface area contributed by atoms with Crippen LogP contribution in [0.4, 0.5) is 10.8 Å². The van der Waals surface area contributed by atoms with Crippen LogP contribution in [-0.2, 0) is 0 Å². The van der Waals surface area contributed by atoms with Crippen LogP contribution < -0.4 is 11.1 Å². The highest BCUT2D eigenvalue weighted by molar-refractivity contribution is 7.15. The van der Waals surface area contributed by atoms with Crippen LogP contribution in [0.15, 0.2) is 11.6 Å². The molecule has 2 heterocycles. The fourth-order valence-corrected chi connectivity index (χ4v) is 2.27. The number of carbonyl (C=O) groups excluding carboxylic acids is 1. The monoisotopic (exact) mass is 240 g/mol. The number of hydrogen-bond donors (Lipinski definition) is 2. The maximum absolute atomic E-state index is 11.7. The van der Waals surface area contributed by atoms with E-state index in [1.54, 1.807) is 11.6 Å². The van der Waals surface area contributed by atoms with Gasteiger partial charge in [0, 0.05) is 10.6 Å². The molecule has 7 heteroatoms. The molecule has 5 nitrogen and oxygen atoms in total. The number of aromatic nitrogens is 2. The highest BCUT2D eigenvalue weighted by Gasteiger charge is 2.12. The van der Waals surface area contributed by atoms with Gasteiger partial charge in [-0.25, -0.2) is 0 Å². The van der Waals surface area contributed by atoms with Gasteiger partial charge in [0.15, 0.2) is 0 Å². The van der Waals surface area contributed by atoms with E-state index in [0.29, 0.717) is 15.7 Å². The van der Waals surface area contributed by atoms with Crippen molar-refractivity contribution >= 4 is 39.4 Å². The number of nitrogen functional groups attached to an aromatic ring is 1. The predicted molar refractivity (Wildman–Crippen MR) is 61.3 cm³/mol. The molecule has 2 aromatic rings. The first-order valence-electron chi connectivity index (χ1n) is 4.10. The van der Waals surface area contributed by atoms with Gasteiger partial charge in [-0.2, -0.15) is 0 Å². The minimum Gasteiger partial charge on any atom is -0.398 e. The molecule has 2 aromatic heterocycles. The van der Waals surface area contributed by atoms with E-state index in [9.17, 15) is 4.79 Å². The molecule has 0 spiro atoms. The van der Waals surface area contributed by atoms with Crippen molar-refractivity contribution in [2.24, 2.45) is 0 Å². The molecule has 78 valence electrons. The zero-order valence-corrected chi connectivity index (χ0v) is 9.48. The van der Waals surface area contributed by atoms with Crippen molar-refractivity contribution in [3.05, 3.63) is 21.3 Å². The molecule has 0 bridgehead atoms. The van der Waals surface area contributed by atoms with Crippen molar-refractivity contribution in [1.29, 1.82) is 0 Å². The van der Waals surface area contributed by atoms with Crippen molar-refractivity contribution in [3.8, 4) is 0 Å². The lowest BCUT2D eigenvalue weighted by molar-refractivity contribution is 0.103. The van der Waals surface area contributed by atoms with Crippen molar-refractivity contribution < 1.29 is 4.79 Å². The maximum atomic E-state index is 11.7. The van der Waals surface area contributed by atoms with Crippen LogP contribution in [0, 0.1) is 6.92 Å². The molecule has 0 fully saturated rings. The summed E-state index contributed by atoms with van der Waals surface area (Å²) in [6, 6.07) is 1.66. The second-order valence-electron chi connectivity index (χ2n) is 2.82. The molecule has 0 aromatic carbocycles. The van der Waals surface area contributed by atoms with E-state index in [2.05, 4.69) is 15.5 Å². The third-order valence-electron chi connectivity index (χ3n) is 1.76. The van der Waals surface area contributed by atoms with Gasteiger partial charge < -0.3 is 5.73 Å². The van der Waals surface area contributed by atoms with Gasteiger partial charge in [-0.15, -0.1) is 21.5 Å². The van der Waals surface area contributed by atoms with Gasteiger partial charge in [-0.3, -0.25) is 10.1 Å². The molecule has 0 saturated heterocycles. The normalized spacial score (nSPS) is 10.2. The predicted octanol–water partition coefficient (Wildman–Crippen LogP) is 1.74. The Morgan fingerprint density at radius 3 is 2.93 bits per heavy atom. The summed E-state index contributed by atoms with van der Waals surface area (Å²) in [6.45, 7) is 1.88. The Labute approximate surface area is 94.0 Å². The van der Waals surface area contributed by atoms with Crippen LogP contribution >= 0.6 is 22.7 Å². The zero-order valence-electron chi connectivity index (χ0n) is 7.85. The van der Waals surface area contributed by atoms with Gasteiger partial charge >= 0.3 is 0 Å². The standard InChI is InChI=1S/C8H8N4OS2/c1-4-5(9)2-6(15-4)7(13)11-8-12-10-3-14-8/h2-3H,9H2,1H3,(H,11,12,13). The van der Waals surface area contributed by atoms with E-state index in [0.717, 1.165) is 4.88 Å². The van der Waals surface area contributed by atoms with Gasteiger partial charge in [0.2, 0.25) is 5.13 Å². The number of aryl methyl sites for hydroxylation is 1. The first-order chi connectivity index (χ1) is 7.16. The lowest BCUT2D eigenvalue weighted by Crippen LogP contribution is -2.09. The summed E-state index contributed by atoms with van der Waals surface area (Å²) >= 11 is 2.64. The van der Waals surface area contributed by atoms with Crippen LogP contribution in [0.5, 0.6) is 0 Å². The summed E-state index contributed by atoms with van der Waals surface area (Å²) in [6.07, 6.45) is 0. The van der Waals surface area contributed by atoms with Crippen LogP contribution in [0.1, 0.15) is 14.5 Å². The molecule has 2 rings (SSSR count). The van der Waals surface area contributed by atoms with E-state index in [1.165, 1.54) is 22.7 Å². The summed E-state index contributed by atoms with van der Waals surface area (Å²) in [7, 11) is 0. The van der Waals surface area contributed by atoms with Crippen LogP contribution in [0.25, 0.3) is 0 Å². The van der Waals surface area contributed by atoms with Crippen LogP contribution in [0.3, 0.4) is 0 Å². The largest absolute Gasteiger partial charge is 0.398 e. The highest BCUT2D eigenvalue weighted by atomic mass is 32.1. The Kier molecular flexibility index (Phi) is 2.65. The Hall–Kier alpha value is -1.47. The molecule has 0 atom stereocenters. The lowest BCUT2D eigenvalue weighted by atomic mass is 10.4. The first kappa shape index (κ1) is 10.1. The number of rotatable bonds is 2. The van der Waals surface area contributed by atoms with Crippen LogP contribution in [-0.4, -0.2) is 16.1 Å². The fourth-order valence-electron chi connectivity index (χ4n) is 0.994. The molecular weight excluding hydrogens is 232 g/mol. The summed E-state index contributed by atoms with van der Waals surface area (Å²) < 4.78 is 0. The fraction of sp³-hybridized carbons (Fsp3) is 0.125. The summed E-state index contributed by atoms with van der Waals surface area (Å²) in [5.74, 6) is -0.198. The van der Waals surface area contributed by atoms with Gasteiger partial charge in [-0.1, -0.05) is 11.3 Å². The second kappa shape index (κ2) is 3.95. The molecule has 3 N–H and O–H groups in total. The minimum absolute atomic E-state index is 0.198. The number of anilines is 2. The average Bonchev–Trinajstić information content (AvgIpc) is 2.78. The molecule has 0 aliphatic heterocycles. The maximum Gasteiger partial charge on any atom is 0.267 e. The van der Waals surface area contributed by atoms with E-state index in [4.69, 9.17) is 5.73 Å². The number of nitrogens with one attached hydrogen (secondary N) is 1. The number of thiophene rings is 1. The molecule has 15 heavy (non-hydrogen) atoms. The molecule has 0 unspecified atom stereocenters. The van der Waals surface area contributed by atoms with Gasteiger partial charge in [0.1, 0.15) is 5.51 Å². The quantitative estimate of drug-likeness (QED) is 0.837. The van der Waals surface area contributed by atoms with Gasteiger partial charge in [-0.05, 0) is 13.0 Å². The van der Waals surface area contributed by atoms with Crippen molar-refractivity contribution in [1.82, 2.24) is 10.2 Å². The third-order valence-corrected chi connectivity index (χ3v) is 3.43. The van der Waals surface area contributed by atoms with Crippen molar-refractivity contribution in [2.75, 3.05) is 11.1 Å². The Bertz CT molecular complexity index is 457. The number of nitrogens with zero attached hydrogens (tertiary/aromatic N) is 2. The van der Waals surface area contributed by atoms with E-state index < -0.39 is 0 Å². The first-order valence-corrected chi connectivity index (χ1v) is 5.80. The molecule has 1 amide bonds. The Morgan fingerprint density at radius 2 is 2.40 bits per heavy atom. The van der Waals surface area contributed by atoms with E-state index in [1.807, 2.05) is 6.92 Å². The molecule has 0 radical (unpaired) electrons. The lowest BCUT2D eigenvalue weighted by Gasteiger charge is -1.95. The summed E-state index contributed by atoms with van der Waals surface area (Å²) in [5.41, 5.74) is 7.86. The average molecular weight is 240 g/mol. The molecule has 0 saturated carbocycles. The molecule has 0 aliphatic carbocycles. The Balaban J connectivity index is 2.15. The van der Waals surface area contributed by atoms with Crippen molar-refractivity contribution in [3.63, 3.8) is 0 Å². The molecule has 0 aliphatic rings. The number of carbonyl (C=O) groups is 1. The van der Waals surface area contributed by atoms with E-state index in [-0.39, 0.29) is 5.91 Å². The smallest absolute Gasteiger partial charge is 0.267 e. The number of hydrogen-bond acceptors (Lipinski definition) is 6. The molecular formula is C8H8N4OS2.